The molecule has 8 nitrogen and oxygen atoms in total. The number of ketones is 1. The summed E-state index contributed by atoms with van der Waals surface area (Å²) in [6.07, 6.45) is 4.40. The van der Waals surface area contributed by atoms with Crippen molar-refractivity contribution in [3.63, 3.8) is 0 Å². The fourth-order valence-electron chi connectivity index (χ4n) is 2.99. The first-order chi connectivity index (χ1) is 14.7. The molecular weight excluding hydrogens is 418 g/mol. The van der Waals surface area contributed by atoms with E-state index in [2.05, 4.69) is 25.4 Å². The van der Waals surface area contributed by atoms with Gasteiger partial charge in [0.05, 0.1) is 23.7 Å². The van der Waals surface area contributed by atoms with Crippen LogP contribution in [0.3, 0.4) is 0 Å². The number of nitrogens with zero attached hydrogens (tertiary/aromatic N) is 4. The average Bonchev–Trinajstić information content (AvgIpc) is 3.02. The molecule has 0 bridgehead atoms. The molecule has 9 heteroatoms. The smallest absolute Gasteiger partial charge is 0.258 e. The van der Waals surface area contributed by atoms with E-state index in [0.717, 1.165) is 11.1 Å². The Morgan fingerprint density at radius 3 is 2.48 bits per heavy atom. The van der Waals surface area contributed by atoms with E-state index in [4.69, 9.17) is 16.4 Å². The van der Waals surface area contributed by atoms with Gasteiger partial charge >= 0.3 is 0 Å². The number of hydrogen-bond donors (Lipinski definition) is 1. The molecule has 2 aromatic heterocycles. The quantitative estimate of drug-likeness (QED) is 0.624. The summed E-state index contributed by atoms with van der Waals surface area (Å²) in [5.41, 5.74) is 2.64. The van der Waals surface area contributed by atoms with Gasteiger partial charge in [0.2, 0.25) is 5.78 Å². The van der Waals surface area contributed by atoms with Gasteiger partial charge in [0.25, 0.3) is 5.91 Å². The van der Waals surface area contributed by atoms with Crippen molar-refractivity contribution >= 4 is 34.8 Å². The summed E-state index contributed by atoms with van der Waals surface area (Å²) in [4.78, 5) is 42.6. The lowest BCUT2D eigenvalue weighted by Crippen LogP contribution is -2.33. The maximum absolute atomic E-state index is 12.5. The average molecular weight is 436 g/mol. The maximum atomic E-state index is 12.5. The number of halogens is 1. The van der Waals surface area contributed by atoms with E-state index in [1.54, 1.807) is 26.1 Å². The van der Waals surface area contributed by atoms with Gasteiger partial charge in [-0.05, 0) is 44.5 Å². The largest absolute Gasteiger partial charge is 0.381 e. The zero-order valence-corrected chi connectivity index (χ0v) is 17.8. The Kier molecular flexibility index (Phi) is 5.24. The fraction of sp³-hybridized carbons (Fsp3) is 0.182. The van der Waals surface area contributed by atoms with Crippen LogP contribution in [0.4, 0.5) is 5.82 Å². The van der Waals surface area contributed by atoms with Crippen molar-refractivity contribution in [3.05, 3.63) is 70.8 Å². The van der Waals surface area contributed by atoms with Gasteiger partial charge in [0.1, 0.15) is 5.15 Å². The van der Waals surface area contributed by atoms with Crippen molar-refractivity contribution in [1.82, 2.24) is 15.0 Å². The molecule has 0 saturated carbocycles. The van der Waals surface area contributed by atoms with Gasteiger partial charge in [-0.3, -0.25) is 14.6 Å². The molecular formula is C22H18ClN5O3. The monoisotopic (exact) mass is 435 g/mol. The number of aryl methyl sites for hydroxylation is 1. The number of rotatable bonds is 4. The molecule has 3 aromatic rings. The predicted octanol–water partition coefficient (Wildman–Crippen LogP) is 3.83. The number of carbonyl (C=O) groups is 2. The third kappa shape index (κ3) is 4.15. The number of amides is 1. The van der Waals surface area contributed by atoms with Crippen LogP contribution in [0.2, 0.25) is 5.15 Å². The molecule has 0 fully saturated rings. The summed E-state index contributed by atoms with van der Waals surface area (Å²) in [6, 6.07) is 8.64. The Hall–Kier alpha value is -3.65. The third-order valence-corrected chi connectivity index (χ3v) is 5.02. The molecule has 0 unspecified atom stereocenters. The number of nitrogens with one attached hydrogen (secondary N) is 1. The molecule has 0 spiro atoms. The molecule has 1 aliphatic rings. The van der Waals surface area contributed by atoms with Crippen LogP contribution >= 0.6 is 11.6 Å². The number of anilines is 1. The van der Waals surface area contributed by atoms with Gasteiger partial charge in [0.15, 0.2) is 17.1 Å². The van der Waals surface area contributed by atoms with Gasteiger partial charge in [0, 0.05) is 17.3 Å². The van der Waals surface area contributed by atoms with Crippen molar-refractivity contribution in [1.29, 1.82) is 0 Å². The summed E-state index contributed by atoms with van der Waals surface area (Å²) in [5, 5.41) is 6.93. The molecule has 1 N–H and O–H groups in total. The fourth-order valence-corrected chi connectivity index (χ4v) is 3.10. The predicted molar refractivity (Wildman–Crippen MR) is 116 cm³/mol. The van der Waals surface area contributed by atoms with Crippen LogP contribution in [-0.2, 0) is 9.63 Å². The highest BCUT2D eigenvalue weighted by Crippen LogP contribution is 2.27. The molecule has 0 atom stereocenters. The van der Waals surface area contributed by atoms with Gasteiger partial charge in [-0.25, -0.2) is 9.97 Å². The number of aromatic nitrogens is 3. The maximum Gasteiger partial charge on any atom is 0.258 e. The normalized spacial score (nSPS) is 14.7. The van der Waals surface area contributed by atoms with Crippen LogP contribution in [0.15, 0.2) is 54.1 Å². The van der Waals surface area contributed by atoms with E-state index in [9.17, 15) is 9.59 Å². The number of hydrogen-bond acceptors (Lipinski definition) is 7. The Balaban J connectivity index is 1.56. The highest BCUT2D eigenvalue weighted by Gasteiger charge is 2.40. The van der Waals surface area contributed by atoms with Crippen molar-refractivity contribution in [2.45, 2.75) is 26.4 Å². The molecule has 0 aliphatic carbocycles. The molecule has 31 heavy (non-hydrogen) atoms. The first-order valence-corrected chi connectivity index (χ1v) is 9.80. The van der Waals surface area contributed by atoms with Crippen LogP contribution in [0.1, 0.15) is 35.3 Å². The van der Waals surface area contributed by atoms with Crippen molar-refractivity contribution in [2.24, 2.45) is 5.16 Å². The van der Waals surface area contributed by atoms with Gasteiger partial charge in [-0.15, -0.1) is 0 Å². The Labute approximate surface area is 183 Å². The lowest BCUT2D eigenvalue weighted by atomic mass is 9.93. The minimum Gasteiger partial charge on any atom is -0.381 e. The van der Waals surface area contributed by atoms with Crippen LogP contribution in [0.25, 0.3) is 11.3 Å². The molecule has 0 radical (unpaired) electrons. The van der Waals surface area contributed by atoms with Crippen molar-refractivity contribution in [3.8, 4) is 11.3 Å². The van der Waals surface area contributed by atoms with E-state index in [0.29, 0.717) is 27.8 Å². The first-order valence-electron chi connectivity index (χ1n) is 9.42. The summed E-state index contributed by atoms with van der Waals surface area (Å²) in [6.45, 7) is 5.29. The second-order valence-corrected chi connectivity index (χ2v) is 7.90. The van der Waals surface area contributed by atoms with Crippen LogP contribution in [0.5, 0.6) is 0 Å². The van der Waals surface area contributed by atoms with E-state index in [-0.39, 0.29) is 17.4 Å². The van der Waals surface area contributed by atoms with Gasteiger partial charge in [-0.2, -0.15) is 0 Å². The molecule has 0 saturated heterocycles. The minimum atomic E-state index is -0.973. The first kappa shape index (κ1) is 20.6. The Bertz CT molecular complexity index is 1200. The molecule has 3 heterocycles. The lowest BCUT2D eigenvalue weighted by Gasteiger charge is -2.12. The number of benzene rings is 1. The van der Waals surface area contributed by atoms with Gasteiger partial charge in [-0.1, -0.05) is 28.9 Å². The number of Topliss-reactive ketones (excluding diaryl/α,β-unsaturated/α-hetero) is 1. The molecule has 156 valence electrons. The van der Waals surface area contributed by atoms with Crippen molar-refractivity contribution < 1.29 is 14.4 Å². The highest BCUT2D eigenvalue weighted by molar-refractivity contribution is 6.49. The summed E-state index contributed by atoms with van der Waals surface area (Å²) >= 11 is 5.74. The standard InChI is InChI=1S/C22H18ClN5O3/c1-12-4-5-13(19-20(29)22(2,3)31-28-19)8-15(12)16-10-26-18(11-24-16)27-21(30)14-6-7-17(23)25-9-14/h4-11H,1-3H3,(H,26,27,30). The van der Waals surface area contributed by atoms with Crippen LogP contribution in [0, 0.1) is 6.92 Å². The number of carbonyl (C=O) groups excluding carboxylic acids is 2. The van der Waals surface area contributed by atoms with E-state index in [1.165, 1.54) is 18.5 Å². The molecule has 4 rings (SSSR count). The minimum absolute atomic E-state index is 0.178. The summed E-state index contributed by atoms with van der Waals surface area (Å²) in [5.74, 6) is -0.254. The molecule has 1 aliphatic heterocycles. The van der Waals surface area contributed by atoms with Crippen LogP contribution < -0.4 is 5.32 Å². The van der Waals surface area contributed by atoms with E-state index in [1.807, 2.05) is 25.1 Å². The topological polar surface area (TPSA) is 106 Å². The van der Waals surface area contributed by atoms with Crippen molar-refractivity contribution in [2.75, 3.05) is 5.32 Å². The number of oxime groups is 1. The third-order valence-electron chi connectivity index (χ3n) is 4.80. The lowest BCUT2D eigenvalue weighted by molar-refractivity contribution is -0.128. The summed E-state index contributed by atoms with van der Waals surface area (Å²) in [7, 11) is 0. The molecule has 1 amide bonds. The number of pyridine rings is 1. The van der Waals surface area contributed by atoms with E-state index >= 15 is 0 Å². The summed E-state index contributed by atoms with van der Waals surface area (Å²) < 4.78 is 0. The Morgan fingerprint density at radius 1 is 1.06 bits per heavy atom. The zero-order valence-electron chi connectivity index (χ0n) is 17.0. The Morgan fingerprint density at radius 2 is 1.87 bits per heavy atom. The SMILES string of the molecule is Cc1ccc(C2=NOC(C)(C)C2=O)cc1-c1cnc(NC(=O)c2ccc(Cl)nc2)cn1. The zero-order chi connectivity index (χ0) is 22.2. The highest BCUT2D eigenvalue weighted by atomic mass is 35.5. The second kappa shape index (κ2) is 7.88. The van der Waals surface area contributed by atoms with E-state index < -0.39 is 5.60 Å². The molecule has 1 aromatic carbocycles. The van der Waals surface area contributed by atoms with Crippen LogP contribution in [-0.4, -0.2) is 38.0 Å². The van der Waals surface area contributed by atoms with Gasteiger partial charge < -0.3 is 10.2 Å². The second-order valence-electron chi connectivity index (χ2n) is 7.51.